The summed E-state index contributed by atoms with van der Waals surface area (Å²) in [6, 6.07) is 9.09. The van der Waals surface area contributed by atoms with Gasteiger partial charge in [-0.3, -0.25) is 4.98 Å². The molecule has 0 amide bonds. The molecular formula is C22H18F2N6O. The average Bonchev–Trinajstić information content (AvgIpc) is 3.34. The maximum Gasteiger partial charge on any atom is 0.205 e. The molecular weight excluding hydrogens is 402 g/mol. The number of hydrogen-bond acceptors (Lipinski definition) is 5. The summed E-state index contributed by atoms with van der Waals surface area (Å²) in [7, 11) is 3.35. The summed E-state index contributed by atoms with van der Waals surface area (Å²) in [5.41, 5.74) is 4.11. The predicted molar refractivity (Wildman–Crippen MR) is 114 cm³/mol. The van der Waals surface area contributed by atoms with Crippen molar-refractivity contribution in [1.29, 1.82) is 0 Å². The number of aromatic nitrogens is 5. The summed E-state index contributed by atoms with van der Waals surface area (Å²) in [5.74, 6) is -0.0130. The lowest BCUT2D eigenvalue weighted by Gasteiger charge is -2.11. The summed E-state index contributed by atoms with van der Waals surface area (Å²) >= 11 is 0. The van der Waals surface area contributed by atoms with Gasteiger partial charge in [0.1, 0.15) is 22.9 Å². The number of halogens is 2. The first-order chi connectivity index (χ1) is 15.1. The molecule has 31 heavy (non-hydrogen) atoms. The zero-order chi connectivity index (χ0) is 21.5. The molecule has 0 fully saturated rings. The molecule has 9 heteroatoms. The molecule has 0 unspecified atom stereocenters. The number of imidazole rings is 1. The smallest absolute Gasteiger partial charge is 0.205 e. The largest absolute Gasteiger partial charge is 0.494 e. The molecule has 0 radical (unpaired) electrons. The molecule has 7 nitrogen and oxygen atoms in total. The van der Waals surface area contributed by atoms with Crippen LogP contribution in [-0.4, -0.2) is 38.2 Å². The molecule has 5 rings (SSSR count). The number of rotatable bonds is 5. The molecule has 0 atom stereocenters. The van der Waals surface area contributed by atoms with Crippen molar-refractivity contribution >= 4 is 28.1 Å². The van der Waals surface area contributed by atoms with Crippen LogP contribution < -0.4 is 10.1 Å². The van der Waals surface area contributed by atoms with Gasteiger partial charge in [-0.1, -0.05) is 0 Å². The second kappa shape index (κ2) is 7.35. The normalized spacial score (nSPS) is 11.4. The van der Waals surface area contributed by atoms with E-state index < -0.39 is 11.6 Å². The summed E-state index contributed by atoms with van der Waals surface area (Å²) in [6.07, 6.45) is 5.30. The number of pyridine rings is 2. The van der Waals surface area contributed by atoms with Crippen LogP contribution in [0, 0.1) is 11.6 Å². The van der Waals surface area contributed by atoms with Crippen molar-refractivity contribution < 1.29 is 13.5 Å². The third kappa shape index (κ3) is 3.24. The van der Waals surface area contributed by atoms with Crippen molar-refractivity contribution in [3.05, 3.63) is 72.2 Å². The van der Waals surface area contributed by atoms with Gasteiger partial charge < -0.3 is 19.2 Å². The van der Waals surface area contributed by atoms with Crippen molar-refractivity contribution in [2.75, 3.05) is 19.5 Å². The quantitative estimate of drug-likeness (QED) is 0.463. The number of anilines is 1. The van der Waals surface area contributed by atoms with Gasteiger partial charge in [0.2, 0.25) is 5.95 Å². The highest BCUT2D eigenvalue weighted by atomic mass is 19.1. The van der Waals surface area contributed by atoms with E-state index in [1.54, 1.807) is 32.6 Å². The first kappa shape index (κ1) is 19.0. The van der Waals surface area contributed by atoms with E-state index in [1.165, 1.54) is 12.1 Å². The van der Waals surface area contributed by atoms with Crippen molar-refractivity contribution in [1.82, 2.24) is 24.1 Å². The Morgan fingerprint density at radius 3 is 2.61 bits per heavy atom. The maximum atomic E-state index is 13.7. The number of ether oxygens (including phenoxy) is 1. The molecule has 1 aromatic carbocycles. The predicted octanol–water partition coefficient (Wildman–Crippen LogP) is 4.15. The molecule has 156 valence electrons. The third-order valence-corrected chi connectivity index (χ3v) is 5.11. The molecule has 0 spiro atoms. The van der Waals surface area contributed by atoms with Gasteiger partial charge in [0.05, 0.1) is 36.6 Å². The van der Waals surface area contributed by atoms with Crippen LogP contribution in [0.1, 0.15) is 5.56 Å². The topological polar surface area (TPSA) is 69.8 Å². The Labute approximate surface area is 175 Å². The van der Waals surface area contributed by atoms with E-state index in [1.807, 2.05) is 27.5 Å². The van der Waals surface area contributed by atoms with Gasteiger partial charge in [0, 0.05) is 31.6 Å². The SMILES string of the molecule is CNc1nc2ncc(-n3ccc4nccc(OC)c43)cc2n1Cc1cc(F)cc(F)c1. The van der Waals surface area contributed by atoms with Crippen LogP contribution in [0.5, 0.6) is 5.75 Å². The van der Waals surface area contributed by atoms with Gasteiger partial charge in [-0.15, -0.1) is 0 Å². The fraction of sp³-hybridized carbons (Fsp3) is 0.136. The summed E-state index contributed by atoms with van der Waals surface area (Å²) in [4.78, 5) is 13.4. The third-order valence-electron chi connectivity index (χ3n) is 5.11. The number of hydrogen-bond donors (Lipinski definition) is 1. The van der Waals surface area contributed by atoms with Crippen molar-refractivity contribution in [2.24, 2.45) is 0 Å². The number of nitrogens with one attached hydrogen (secondary N) is 1. The Morgan fingerprint density at radius 2 is 1.87 bits per heavy atom. The zero-order valence-corrected chi connectivity index (χ0v) is 16.8. The highest BCUT2D eigenvalue weighted by Gasteiger charge is 2.15. The molecule has 0 saturated heterocycles. The monoisotopic (exact) mass is 420 g/mol. The van der Waals surface area contributed by atoms with Gasteiger partial charge in [0.25, 0.3) is 0 Å². The molecule has 4 aromatic heterocycles. The number of fused-ring (bicyclic) bond motifs is 2. The first-order valence-corrected chi connectivity index (χ1v) is 9.57. The summed E-state index contributed by atoms with van der Waals surface area (Å²) in [6.45, 7) is 0.226. The molecule has 5 aromatic rings. The molecule has 0 aliphatic heterocycles. The molecule has 0 saturated carbocycles. The minimum Gasteiger partial charge on any atom is -0.494 e. The fourth-order valence-corrected chi connectivity index (χ4v) is 3.78. The molecule has 4 heterocycles. The van der Waals surface area contributed by atoms with E-state index in [-0.39, 0.29) is 6.54 Å². The second-order valence-corrected chi connectivity index (χ2v) is 7.02. The fourth-order valence-electron chi connectivity index (χ4n) is 3.78. The lowest BCUT2D eigenvalue weighted by Crippen LogP contribution is -2.06. The van der Waals surface area contributed by atoms with E-state index in [9.17, 15) is 8.78 Å². The molecule has 0 aliphatic carbocycles. The van der Waals surface area contributed by atoms with Gasteiger partial charge in [-0.05, 0) is 29.8 Å². The molecule has 1 N–H and O–H groups in total. The Balaban J connectivity index is 1.67. The van der Waals surface area contributed by atoms with E-state index >= 15 is 0 Å². The van der Waals surface area contributed by atoms with E-state index in [2.05, 4.69) is 20.3 Å². The van der Waals surface area contributed by atoms with Crippen LogP contribution in [0.3, 0.4) is 0 Å². The van der Waals surface area contributed by atoms with E-state index in [0.29, 0.717) is 22.9 Å². The van der Waals surface area contributed by atoms with Crippen molar-refractivity contribution in [3.8, 4) is 11.4 Å². The summed E-state index contributed by atoms with van der Waals surface area (Å²) < 4.78 is 36.7. The van der Waals surface area contributed by atoms with E-state index in [0.717, 1.165) is 28.3 Å². The van der Waals surface area contributed by atoms with Crippen LogP contribution in [-0.2, 0) is 6.54 Å². The van der Waals surface area contributed by atoms with Gasteiger partial charge >= 0.3 is 0 Å². The highest BCUT2D eigenvalue weighted by Crippen LogP contribution is 2.29. The van der Waals surface area contributed by atoms with Crippen molar-refractivity contribution in [3.63, 3.8) is 0 Å². The zero-order valence-electron chi connectivity index (χ0n) is 16.8. The van der Waals surface area contributed by atoms with Crippen molar-refractivity contribution in [2.45, 2.75) is 6.54 Å². The minimum absolute atomic E-state index is 0.226. The van der Waals surface area contributed by atoms with Gasteiger partial charge in [-0.25, -0.2) is 13.8 Å². The first-order valence-electron chi connectivity index (χ1n) is 9.57. The minimum atomic E-state index is -0.623. The molecule has 0 bridgehead atoms. The van der Waals surface area contributed by atoms with Crippen LogP contribution in [0.4, 0.5) is 14.7 Å². The molecule has 0 aliphatic rings. The van der Waals surface area contributed by atoms with Crippen LogP contribution >= 0.6 is 0 Å². The lowest BCUT2D eigenvalue weighted by molar-refractivity contribution is 0.418. The number of nitrogens with zero attached hydrogens (tertiary/aromatic N) is 5. The van der Waals surface area contributed by atoms with Crippen LogP contribution in [0.25, 0.3) is 27.9 Å². The van der Waals surface area contributed by atoms with Crippen LogP contribution in [0.2, 0.25) is 0 Å². The number of methoxy groups -OCH3 is 1. The standard InChI is InChI=1S/C22H18F2N6O/c1-25-22-28-21-18(30(22)12-13-7-14(23)9-15(24)8-13)10-16(11-27-21)29-6-4-17-20(29)19(31-2)3-5-26-17/h3-11H,12H2,1-2H3,(H,25,27,28). The maximum absolute atomic E-state index is 13.7. The average molecular weight is 420 g/mol. The summed E-state index contributed by atoms with van der Waals surface area (Å²) in [5, 5.41) is 3.02. The lowest BCUT2D eigenvalue weighted by atomic mass is 10.2. The van der Waals surface area contributed by atoms with Crippen LogP contribution in [0.15, 0.2) is 55.0 Å². The Bertz CT molecular complexity index is 1400. The Kier molecular flexibility index (Phi) is 4.50. The van der Waals surface area contributed by atoms with E-state index in [4.69, 9.17) is 4.74 Å². The second-order valence-electron chi connectivity index (χ2n) is 7.02. The highest BCUT2D eigenvalue weighted by molar-refractivity contribution is 5.85. The van der Waals surface area contributed by atoms with Gasteiger partial charge in [-0.2, -0.15) is 4.98 Å². The Morgan fingerprint density at radius 1 is 1.06 bits per heavy atom. The Hall–Kier alpha value is -4.01. The van der Waals surface area contributed by atoms with Gasteiger partial charge in [0.15, 0.2) is 5.65 Å². The number of benzene rings is 1.